The van der Waals surface area contributed by atoms with Gasteiger partial charge in [0.15, 0.2) is 0 Å². The van der Waals surface area contributed by atoms with Crippen LogP contribution in [-0.2, 0) is 11.4 Å². The number of carboxylic acid groups (broad SMARTS) is 1. The Hall–Kier alpha value is -2.07. The van der Waals surface area contributed by atoms with Crippen molar-refractivity contribution in [2.75, 3.05) is 0 Å². The third-order valence-electron chi connectivity index (χ3n) is 2.63. The molecule has 0 aromatic heterocycles. The number of ether oxygens (including phenoxy) is 1. The Balaban J connectivity index is 2.19. The van der Waals surface area contributed by atoms with Crippen LogP contribution in [-0.4, -0.2) is 11.1 Å². The van der Waals surface area contributed by atoms with Gasteiger partial charge < -0.3 is 9.84 Å². The maximum atomic E-state index is 10.6. The summed E-state index contributed by atoms with van der Waals surface area (Å²) in [6.07, 6.45) is 2.62. The maximum Gasteiger partial charge on any atom is 0.328 e. The number of para-hydroxylation sites is 1. The Labute approximate surface area is 125 Å². The van der Waals surface area contributed by atoms with E-state index in [1.807, 2.05) is 48.5 Å². The Morgan fingerprint density at radius 2 is 1.90 bits per heavy atom. The van der Waals surface area contributed by atoms with Gasteiger partial charge in [0, 0.05) is 11.6 Å². The summed E-state index contributed by atoms with van der Waals surface area (Å²) in [6, 6.07) is 15.3. The van der Waals surface area contributed by atoms with E-state index in [-0.39, 0.29) is 0 Å². The van der Waals surface area contributed by atoms with Crippen LogP contribution in [0.3, 0.4) is 0 Å². The van der Waals surface area contributed by atoms with Crippen molar-refractivity contribution >= 4 is 28.0 Å². The molecule has 2 rings (SSSR count). The Morgan fingerprint density at radius 3 is 2.60 bits per heavy atom. The topological polar surface area (TPSA) is 46.5 Å². The van der Waals surface area contributed by atoms with Crippen molar-refractivity contribution in [3.05, 3.63) is 70.2 Å². The highest BCUT2D eigenvalue weighted by atomic mass is 79.9. The number of benzene rings is 2. The van der Waals surface area contributed by atoms with Crippen LogP contribution in [0.15, 0.2) is 59.1 Å². The summed E-state index contributed by atoms with van der Waals surface area (Å²) in [7, 11) is 0. The molecule has 102 valence electrons. The largest absolute Gasteiger partial charge is 0.487 e. The van der Waals surface area contributed by atoms with Crippen LogP contribution in [0.4, 0.5) is 0 Å². The smallest absolute Gasteiger partial charge is 0.328 e. The molecule has 0 unspecified atom stereocenters. The summed E-state index contributed by atoms with van der Waals surface area (Å²) in [4.78, 5) is 10.6. The normalized spacial score (nSPS) is 10.7. The van der Waals surface area contributed by atoms with Gasteiger partial charge in [-0.2, -0.15) is 0 Å². The Kier molecular flexibility index (Phi) is 4.96. The second-order valence-electron chi connectivity index (χ2n) is 4.10. The van der Waals surface area contributed by atoms with E-state index in [1.54, 1.807) is 0 Å². The molecule has 0 amide bonds. The van der Waals surface area contributed by atoms with Crippen molar-refractivity contribution in [2.24, 2.45) is 0 Å². The van der Waals surface area contributed by atoms with E-state index in [1.165, 1.54) is 6.08 Å². The lowest BCUT2D eigenvalue weighted by Gasteiger charge is -2.11. The first kappa shape index (κ1) is 14.3. The minimum atomic E-state index is -0.987. The average molecular weight is 333 g/mol. The fourth-order valence-electron chi connectivity index (χ4n) is 1.70. The average Bonchev–Trinajstić information content (AvgIpc) is 2.45. The lowest BCUT2D eigenvalue weighted by molar-refractivity contribution is -0.131. The van der Waals surface area contributed by atoms with Crippen LogP contribution in [0.2, 0.25) is 0 Å². The standard InChI is InChI=1S/C16H13BrO3/c17-14-8-4-7-13(9-10-15(18)19)16(14)20-11-12-5-2-1-3-6-12/h1-10H,11H2,(H,18,19). The highest BCUT2D eigenvalue weighted by Crippen LogP contribution is 2.30. The van der Waals surface area contributed by atoms with Gasteiger partial charge in [0.2, 0.25) is 0 Å². The Morgan fingerprint density at radius 1 is 1.15 bits per heavy atom. The van der Waals surface area contributed by atoms with E-state index in [2.05, 4.69) is 15.9 Å². The fraction of sp³-hybridized carbons (Fsp3) is 0.0625. The molecule has 0 fully saturated rings. The summed E-state index contributed by atoms with van der Waals surface area (Å²) in [5, 5.41) is 8.70. The number of aliphatic carboxylic acids is 1. The summed E-state index contributed by atoms with van der Waals surface area (Å²) < 4.78 is 6.59. The van der Waals surface area contributed by atoms with Gasteiger partial charge in [0.05, 0.1) is 4.47 Å². The van der Waals surface area contributed by atoms with Crippen molar-refractivity contribution in [2.45, 2.75) is 6.61 Å². The molecule has 0 radical (unpaired) electrons. The number of carbonyl (C=O) groups is 1. The molecular formula is C16H13BrO3. The molecule has 4 heteroatoms. The predicted molar refractivity (Wildman–Crippen MR) is 81.6 cm³/mol. The molecule has 0 saturated heterocycles. The summed E-state index contributed by atoms with van der Waals surface area (Å²) in [5.74, 6) is -0.354. The monoisotopic (exact) mass is 332 g/mol. The SMILES string of the molecule is O=C(O)C=Cc1cccc(Br)c1OCc1ccccc1. The van der Waals surface area contributed by atoms with Crippen molar-refractivity contribution < 1.29 is 14.6 Å². The van der Waals surface area contributed by atoms with Crippen LogP contribution < -0.4 is 4.74 Å². The van der Waals surface area contributed by atoms with Crippen molar-refractivity contribution in [3.63, 3.8) is 0 Å². The molecule has 0 spiro atoms. The van der Waals surface area contributed by atoms with E-state index >= 15 is 0 Å². The van der Waals surface area contributed by atoms with Gasteiger partial charge in [-0.1, -0.05) is 42.5 Å². The van der Waals surface area contributed by atoms with E-state index < -0.39 is 5.97 Å². The lowest BCUT2D eigenvalue weighted by atomic mass is 10.2. The van der Waals surface area contributed by atoms with Gasteiger partial charge >= 0.3 is 5.97 Å². The third-order valence-corrected chi connectivity index (χ3v) is 3.25. The molecule has 1 N–H and O–H groups in total. The molecule has 0 atom stereocenters. The van der Waals surface area contributed by atoms with Crippen LogP contribution in [0.5, 0.6) is 5.75 Å². The number of carboxylic acids is 1. The van der Waals surface area contributed by atoms with Crippen molar-refractivity contribution in [1.29, 1.82) is 0 Å². The van der Waals surface area contributed by atoms with E-state index in [0.717, 1.165) is 21.7 Å². The van der Waals surface area contributed by atoms with Gasteiger partial charge in [-0.15, -0.1) is 0 Å². The van der Waals surface area contributed by atoms with Crippen molar-refractivity contribution in [3.8, 4) is 5.75 Å². The zero-order chi connectivity index (χ0) is 14.4. The number of hydrogen-bond donors (Lipinski definition) is 1. The summed E-state index contributed by atoms with van der Waals surface area (Å²) in [5.41, 5.74) is 1.77. The zero-order valence-corrected chi connectivity index (χ0v) is 12.2. The lowest BCUT2D eigenvalue weighted by Crippen LogP contribution is -1.98. The predicted octanol–water partition coefficient (Wildman–Crippen LogP) is 4.13. The first-order valence-electron chi connectivity index (χ1n) is 6.03. The highest BCUT2D eigenvalue weighted by molar-refractivity contribution is 9.10. The summed E-state index contributed by atoms with van der Waals surface area (Å²) in [6.45, 7) is 0.428. The van der Waals surface area contributed by atoms with Gasteiger partial charge in [-0.3, -0.25) is 0 Å². The summed E-state index contributed by atoms with van der Waals surface area (Å²) >= 11 is 3.42. The molecular weight excluding hydrogens is 320 g/mol. The third kappa shape index (κ3) is 3.96. The van der Waals surface area contributed by atoms with E-state index in [0.29, 0.717) is 12.4 Å². The molecule has 0 heterocycles. The number of rotatable bonds is 5. The van der Waals surface area contributed by atoms with Gasteiger partial charge in [0.1, 0.15) is 12.4 Å². The molecule has 0 aliphatic rings. The second-order valence-corrected chi connectivity index (χ2v) is 4.96. The number of hydrogen-bond acceptors (Lipinski definition) is 2. The Bertz CT molecular complexity index is 621. The van der Waals surface area contributed by atoms with Gasteiger partial charge in [-0.25, -0.2) is 4.79 Å². The van der Waals surface area contributed by atoms with Crippen LogP contribution in [0.25, 0.3) is 6.08 Å². The van der Waals surface area contributed by atoms with Gasteiger partial charge in [0.25, 0.3) is 0 Å². The van der Waals surface area contributed by atoms with Crippen LogP contribution in [0.1, 0.15) is 11.1 Å². The van der Waals surface area contributed by atoms with E-state index in [9.17, 15) is 4.79 Å². The quantitative estimate of drug-likeness (QED) is 0.837. The minimum Gasteiger partial charge on any atom is -0.487 e. The first-order chi connectivity index (χ1) is 9.66. The minimum absolute atomic E-state index is 0.428. The van der Waals surface area contributed by atoms with E-state index in [4.69, 9.17) is 9.84 Å². The first-order valence-corrected chi connectivity index (χ1v) is 6.82. The zero-order valence-electron chi connectivity index (χ0n) is 10.6. The van der Waals surface area contributed by atoms with Gasteiger partial charge in [-0.05, 0) is 33.6 Å². The maximum absolute atomic E-state index is 10.6. The molecule has 20 heavy (non-hydrogen) atoms. The second kappa shape index (κ2) is 6.91. The molecule has 2 aromatic carbocycles. The molecule has 0 aliphatic carbocycles. The van der Waals surface area contributed by atoms with Crippen LogP contribution in [0, 0.1) is 0 Å². The molecule has 3 nitrogen and oxygen atoms in total. The van der Waals surface area contributed by atoms with Crippen LogP contribution >= 0.6 is 15.9 Å². The highest BCUT2D eigenvalue weighted by Gasteiger charge is 2.06. The fourth-order valence-corrected chi connectivity index (χ4v) is 2.20. The molecule has 0 bridgehead atoms. The van der Waals surface area contributed by atoms with Crippen molar-refractivity contribution in [1.82, 2.24) is 0 Å². The molecule has 0 saturated carbocycles. The number of halogens is 1. The molecule has 2 aromatic rings. The molecule has 0 aliphatic heterocycles.